The Morgan fingerprint density at radius 3 is 2.63 bits per heavy atom. The van der Waals surface area contributed by atoms with Crippen LogP contribution in [0, 0.1) is 18.3 Å². The number of nitrogens with one attached hydrogen (secondary N) is 1. The van der Waals surface area contributed by atoms with Gasteiger partial charge in [-0.3, -0.25) is 4.79 Å². The molecule has 7 nitrogen and oxygen atoms in total. The van der Waals surface area contributed by atoms with Gasteiger partial charge in [0.25, 0.3) is 0 Å². The van der Waals surface area contributed by atoms with Gasteiger partial charge in [0.15, 0.2) is 11.5 Å². The van der Waals surface area contributed by atoms with E-state index in [4.69, 9.17) is 10.00 Å². The second-order valence-corrected chi connectivity index (χ2v) is 7.40. The molecule has 0 aliphatic carbocycles. The Morgan fingerprint density at radius 1 is 1.27 bits per heavy atom. The van der Waals surface area contributed by atoms with Crippen LogP contribution in [0.2, 0.25) is 0 Å². The summed E-state index contributed by atoms with van der Waals surface area (Å²) in [6.07, 6.45) is 1.64. The van der Waals surface area contributed by atoms with Crippen molar-refractivity contribution in [1.82, 2.24) is 15.0 Å². The Bertz CT molecular complexity index is 1110. The first-order valence-corrected chi connectivity index (χ1v) is 9.51. The Labute approximate surface area is 173 Å². The van der Waals surface area contributed by atoms with Gasteiger partial charge in [0.05, 0.1) is 44.0 Å². The predicted octanol–water partition coefficient (Wildman–Crippen LogP) is 2.88. The van der Waals surface area contributed by atoms with Crippen LogP contribution >= 0.6 is 0 Å². The van der Waals surface area contributed by atoms with Crippen molar-refractivity contribution >= 4 is 11.7 Å². The summed E-state index contributed by atoms with van der Waals surface area (Å²) < 4.78 is 19.2. The van der Waals surface area contributed by atoms with Crippen molar-refractivity contribution in [2.75, 3.05) is 18.5 Å². The largest absolute Gasteiger partial charge is 0.374 e. The van der Waals surface area contributed by atoms with Crippen LogP contribution in [0.5, 0.6) is 0 Å². The van der Waals surface area contributed by atoms with Gasteiger partial charge < -0.3 is 10.1 Å². The van der Waals surface area contributed by atoms with Crippen molar-refractivity contribution in [3.8, 4) is 6.07 Å². The van der Waals surface area contributed by atoms with Crippen LogP contribution in [-0.4, -0.2) is 34.1 Å². The second-order valence-electron chi connectivity index (χ2n) is 7.40. The summed E-state index contributed by atoms with van der Waals surface area (Å²) in [5, 5.41) is 20.2. The molecule has 4 rings (SSSR count). The average Bonchev–Trinajstić information content (AvgIpc) is 3.13. The lowest BCUT2D eigenvalue weighted by atomic mass is 9.93. The Hall–Kier alpha value is -3.57. The first-order valence-electron chi connectivity index (χ1n) is 9.51. The molecular formula is C22H20FN5O2. The SMILES string of the molecule is Cc1cc(Cn2ncc(NC(=O)Cc3ccc(C4(F)COC4)cc3)n2)ccc1C#N. The number of nitriles is 1. The number of aryl methyl sites for hydroxylation is 1. The zero-order valence-electron chi connectivity index (χ0n) is 16.4. The molecule has 0 radical (unpaired) electrons. The van der Waals surface area contributed by atoms with E-state index >= 15 is 0 Å². The normalized spacial score (nSPS) is 14.6. The minimum Gasteiger partial charge on any atom is -0.374 e. The lowest BCUT2D eigenvalue weighted by molar-refractivity contribution is -0.135. The van der Waals surface area contributed by atoms with Crippen molar-refractivity contribution in [1.29, 1.82) is 5.26 Å². The number of benzene rings is 2. The summed E-state index contributed by atoms with van der Waals surface area (Å²) in [4.78, 5) is 13.8. The fourth-order valence-corrected chi connectivity index (χ4v) is 3.29. The van der Waals surface area contributed by atoms with Crippen LogP contribution in [0.25, 0.3) is 0 Å². The van der Waals surface area contributed by atoms with Crippen molar-refractivity contribution in [2.24, 2.45) is 0 Å². The maximum Gasteiger partial charge on any atom is 0.230 e. The quantitative estimate of drug-likeness (QED) is 0.681. The number of aromatic nitrogens is 3. The molecule has 1 N–H and O–H groups in total. The van der Waals surface area contributed by atoms with E-state index in [9.17, 15) is 9.18 Å². The number of nitrogens with zero attached hydrogens (tertiary/aromatic N) is 4. The molecule has 8 heteroatoms. The van der Waals surface area contributed by atoms with E-state index in [0.29, 0.717) is 23.5 Å². The highest BCUT2D eigenvalue weighted by molar-refractivity contribution is 5.91. The fourth-order valence-electron chi connectivity index (χ4n) is 3.29. The van der Waals surface area contributed by atoms with Crippen LogP contribution in [0.4, 0.5) is 10.2 Å². The van der Waals surface area contributed by atoms with E-state index in [2.05, 4.69) is 21.6 Å². The first-order chi connectivity index (χ1) is 14.4. The Morgan fingerprint density at radius 2 is 2.00 bits per heavy atom. The molecule has 0 saturated carbocycles. The number of carbonyl (C=O) groups excluding carboxylic acids is 1. The van der Waals surface area contributed by atoms with Crippen LogP contribution in [0.1, 0.15) is 27.8 Å². The number of amides is 1. The molecule has 1 aromatic heterocycles. The number of rotatable bonds is 6. The maximum atomic E-state index is 14.3. The van der Waals surface area contributed by atoms with Crippen molar-refractivity contribution in [3.63, 3.8) is 0 Å². The van der Waals surface area contributed by atoms with E-state index < -0.39 is 5.67 Å². The number of hydrogen-bond donors (Lipinski definition) is 1. The van der Waals surface area contributed by atoms with Gasteiger partial charge in [-0.25, -0.2) is 4.39 Å². The summed E-state index contributed by atoms with van der Waals surface area (Å²) >= 11 is 0. The Kier molecular flexibility index (Phi) is 5.29. The van der Waals surface area contributed by atoms with E-state index in [1.807, 2.05) is 19.1 Å². The molecule has 30 heavy (non-hydrogen) atoms. The van der Waals surface area contributed by atoms with Crippen LogP contribution < -0.4 is 5.32 Å². The third-order valence-corrected chi connectivity index (χ3v) is 5.04. The molecule has 0 unspecified atom stereocenters. The second kappa shape index (κ2) is 8.05. The van der Waals surface area contributed by atoms with Gasteiger partial charge in [-0.2, -0.15) is 15.2 Å². The number of alkyl halides is 1. The third kappa shape index (κ3) is 4.21. The molecule has 0 spiro atoms. The summed E-state index contributed by atoms with van der Waals surface area (Å²) in [6.45, 7) is 2.46. The van der Waals surface area contributed by atoms with Crippen molar-refractivity contribution in [2.45, 2.75) is 25.6 Å². The highest BCUT2D eigenvalue weighted by Crippen LogP contribution is 2.33. The summed E-state index contributed by atoms with van der Waals surface area (Å²) in [6, 6.07) is 14.6. The summed E-state index contributed by atoms with van der Waals surface area (Å²) in [5.74, 6) is 0.127. The average molecular weight is 405 g/mol. The van der Waals surface area contributed by atoms with Crippen LogP contribution in [0.15, 0.2) is 48.7 Å². The molecule has 0 atom stereocenters. The molecule has 1 saturated heterocycles. The zero-order chi connectivity index (χ0) is 21.1. The first kappa shape index (κ1) is 19.7. The van der Waals surface area contributed by atoms with Gasteiger partial charge in [0, 0.05) is 0 Å². The molecule has 2 heterocycles. The fraction of sp³-hybridized carbons (Fsp3) is 0.273. The molecular weight excluding hydrogens is 385 g/mol. The predicted molar refractivity (Wildman–Crippen MR) is 107 cm³/mol. The minimum atomic E-state index is -1.41. The van der Waals surface area contributed by atoms with E-state index in [1.54, 1.807) is 30.3 Å². The molecule has 2 aromatic carbocycles. The number of anilines is 1. The van der Waals surface area contributed by atoms with Crippen LogP contribution in [0.3, 0.4) is 0 Å². The van der Waals surface area contributed by atoms with Crippen molar-refractivity contribution < 1.29 is 13.9 Å². The number of carbonyl (C=O) groups is 1. The monoisotopic (exact) mass is 405 g/mol. The van der Waals surface area contributed by atoms with Gasteiger partial charge in [-0.1, -0.05) is 36.4 Å². The number of halogens is 1. The van der Waals surface area contributed by atoms with Gasteiger partial charge in [-0.05, 0) is 35.2 Å². The summed E-state index contributed by atoms with van der Waals surface area (Å²) in [5.41, 5.74) is 2.43. The molecule has 3 aromatic rings. The maximum absolute atomic E-state index is 14.3. The van der Waals surface area contributed by atoms with Gasteiger partial charge >= 0.3 is 0 Å². The molecule has 0 bridgehead atoms. The standard InChI is InChI=1S/C22H20FN5O2/c1-15-8-17(2-5-18(15)10-24)12-28-25-11-20(27-28)26-21(29)9-16-3-6-19(7-4-16)22(23)13-30-14-22/h2-8,11H,9,12-14H2,1H3,(H,26,27,29). The van der Waals surface area contributed by atoms with E-state index in [0.717, 1.165) is 16.7 Å². The lowest BCUT2D eigenvalue weighted by Gasteiger charge is -2.34. The third-order valence-electron chi connectivity index (χ3n) is 5.04. The highest BCUT2D eigenvalue weighted by Gasteiger charge is 2.40. The smallest absolute Gasteiger partial charge is 0.230 e. The van der Waals surface area contributed by atoms with Gasteiger partial charge in [0.2, 0.25) is 5.91 Å². The zero-order valence-corrected chi connectivity index (χ0v) is 16.4. The van der Waals surface area contributed by atoms with Gasteiger partial charge in [0.1, 0.15) is 0 Å². The van der Waals surface area contributed by atoms with E-state index in [-0.39, 0.29) is 25.5 Å². The topological polar surface area (TPSA) is 92.8 Å². The lowest BCUT2D eigenvalue weighted by Crippen LogP contribution is -2.42. The molecule has 1 fully saturated rings. The molecule has 1 amide bonds. The highest BCUT2D eigenvalue weighted by atomic mass is 19.1. The summed E-state index contributed by atoms with van der Waals surface area (Å²) in [7, 11) is 0. The molecule has 1 aliphatic heterocycles. The molecule has 1 aliphatic rings. The Balaban J connectivity index is 1.33. The van der Waals surface area contributed by atoms with Crippen molar-refractivity contribution in [3.05, 3.63) is 76.5 Å². The number of ether oxygens (including phenoxy) is 1. The molecule has 152 valence electrons. The van der Waals surface area contributed by atoms with Crippen LogP contribution in [-0.2, 0) is 28.2 Å². The minimum absolute atomic E-state index is 0.0739. The van der Waals surface area contributed by atoms with E-state index in [1.165, 1.54) is 11.0 Å². The van der Waals surface area contributed by atoms with Gasteiger partial charge in [-0.15, -0.1) is 5.10 Å². The number of hydrogen-bond acceptors (Lipinski definition) is 5.